The number of phenols is 1. The maximum absolute atomic E-state index is 13.5. The van der Waals surface area contributed by atoms with Crippen molar-refractivity contribution in [2.45, 2.75) is 132 Å². The number of rotatable bonds is 15. The molecule has 2 aromatic heterocycles. The second-order valence-electron chi connectivity index (χ2n) is 21.2. The summed E-state index contributed by atoms with van der Waals surface area (Å²) in [6.45, 7) is 14.6. The Balaban J connectivity index is 0.000000283. The fourth-order valence-corrected chi connectivity index (χ4v) is 7.47. The summed E-state index contributed by atoms with van der Waals surface area (Å²) in [5.41, 5.74) is 1.22. The van der Waals surface area contributed by atoms with Gasteiger partial charge in [-0.15, -0.1) is 0 Å². The number of carboxylic acid groups (broad SMARTS) is 1. The Morgan fingerprint density at radius 2 is 0.973 bits per heavy atom. The number of esters is 1. The summed E-state index contributed by atoms with van der Waals surface area (Å²) in [5.74, 6) is -1.57. The Hall–Kier alpha value is -7.68. The SMILES string of the molecule is C.C.CC(C)(C)OC(=O)NCC(C(=O)Cc1ccc2cnccc2c1)c1ccc(O)cc1.CC(C)(C)OC(=O)NCC(C(=O)Cc1ccc2cnccc2c1)c1ccc(OC(=O)C2(C)CC2)cc1.CC1(C(=O)O)CC1. The molecule has 2 saturated carbocycles. The van der Waals surface area contributed by atoms with Gasteiger partial charge in [0.2, 0.25) is 0 Å². The van der Waals surface area contributed by atoms with Crippen LogP contribution in [0.4, 0.5) is 9.59 Å². The molecule has 400 valence electrons. The van der Waals surface area contributed by atoms with E-state index in [2.05, 4.69) is 20.6 Å². The molecule has 15 nitrogen and oxygen atoms in total. The van der Waals surface area contributed by atoms with Gasteiger partial charge in [0.1, 0.15) is 34.3 Å². The molecule has 8 rings (SSSR count). The van der Waals surface area contributed by atoms with Gasteiger partial charge in [-0.3, -0.25) is 29.1 Å². The number of aliphatic carboxylic acids is 1. The molecule has 6 aromatic rings. The third-order valence-electron chi connectivity index (χ3n) is 12.4. The number of nitrogens with zero attached hydrogens (tertiary/aromatic N) is 2. The molecule has 0 radical (unpaired) electrons. The molecule has 2 aliphatic carbocycles. The Morgan fingerprint density at radius 3 is 1.33 bits per heavy atom. The van der Waals surface area contributed by atoms with Crippen molar-refractivity contribution in [1.29, 1.82) is 0 Å². The van der Waals surface area contributed by atoms with Crippen LogP contribution >= 0.6 is 0 Å². The molecule has 0 spiro atoms. The number of nitrogens with one attached hydrogen (secondary N) is 2. The van der Waals surface area contributed by atoms with Crippen molar-refractivity contribution >= 4 is 57.2 Å². The molecular formula is C60H74N4O11. The maximum Gasteiger partial charge on any atom is 0.407 e. The highest BCUT2D eigenvalue weighted by Crippen LogP contribution is 2.46. The fourth-order valence-electron chi connectivity index (χ4n) is 7.47. The standard InChI is InChI=1S/C29H32N2O5.C24H26N2O4.C5H8O2.2CH4/c1-28(2,3)36-27(34)31-18-24(20-7-9-23(10-8-20)35-26(33)29(4)12-13-29)25(32)16-19-5-6-22-17-30-14-11-21(22)15-19;1-24(2,3)30-23(29)26-15-21(17-6-8-20(27)9-7-17)22(28)13-16-4-5-19-14-25-11-10-18(19)12-16;1-5(2-3-5)4(6)7;;/h5-11,14-15,17,24H,12-13,16,18H2,1-4H3,(H,31,34);4-12,14,21,27H,13,15H2,1-3H3,(H,26,29);2-3H2,1H3,(H,6,7);2*1H4. The van der Waals surface area contributed by atoms with Gasteiger partial charge in [-0.1, -0.05) is 75.5 Å². The molecule has 0 saturated heterocycles. The minimum Gasteiger partial charge on any atom is -0.508 e. The first-order valence-electron chi connectivity index (χ1n) is 24.4. The molecule has 2 amide bonds. The topological polar surface area (TPSA) is 220 Å². The average molecular weight is 1030 g/mol. The molecule has 2 atom stereocenters. The van der Waals surface area contributed by atoms with Crippen LogP contribution in [0.3, 0.4) is 0 Å². The number of pyridine rings is 2. The number of ether oxygens (including phenoxy) is 3. The van der Waals surface area contributed by atoms with E-state index in [0.29, 0.717) is 5.75 Å². The van der Waals surface area contributed by atoms with Crippen LogP contribution in [0.15, 0.2) is 122 Å². The lowest BCUT2D eigenvalue weighted by molar-refractivity contribution is -0.142. The summed E-state index contributed by atoms with van der Waals surface area (Å²) in [4.78, 5) is 81.6. The van der Waals surface area contributed by atoms with E-state index in [1.807, 2.05) is 55.5 Å². The van der Waals surface area contributed by atoms with Gasteiger partial charge in [-0.25, -0.2) is 9.59 Å². The predicted molar refractivity (Wildman–Crippen MR) is 291 cm³/mol. The molecule has 0 aliphatic heterocycles. The number of benzene rings is 4. The van der Waals surface area contributed by atoms with Gasteiger partial charge in [0.15, 0.2) is 0 Å². The van der Waals surface area contributed by atoms with Crippen molar-refractivity contribution in [3.63, 3.8) is 0 Å². The molecule has 2 heterocycles. The number of ketones is 2. The Labute approximate surface area is 440 Å². The van der Waals surface area contributed by atoms with Gasteiger partial charge in [0.05, 0.1) is 22.7 Å². The number of phenolic OH excluding ortho intramolecular Hbond substituents is 1. The second-order valence-corrected chi connectivity index (χ2v) is 21.2. The highest BCUT2D eigenvalue weighted by molar-refractivity contribution is 5.91. The molecule has 75 heavy (non-hydrogen) atoms. The van der Waals surface area contributed by atoms with Crippen molar-refractivity contribution in [2.75, 3.05) is 13.1 Å². The number of hydrogen-bond acceptors (Lipinski definition) is 12. The van der Waals surface area contributed by atoms with Crippen molar-refractivity contribution < 1.29 is 53.2 Å². The maximum atomic E-state index is 13.5. The van der Waals surface area contributed by atoms with Crippen molar-refractivity contribution in [3.8, 4) is 11.5 Å². The number of fused-ring (bicyclic) bond motifs is 2. The number of carbonyl (C=O) groups excluding carboxylic acids is 5. The van der Waals surface area contributed by atoms with E-state index in [9.17, 15) is 33.9 Å². The highest BCUT2D eigenvalue weighted by atomic mass is 16.6. The number of carboxylic acids is 1. The first kappa shape index (κ1) is 59.9. The Bertz CT molecular complexity index is 2930. The van der Waals surface area contributed by atoms with E-state index >= 15 is 0 Å². The number of carbonyl (C=O) groups is 6. The van der Waals surface area contributed by atoms with Gasteiger partial charge < -0.3 is 35.1 Å². The first-order chi connectivity index (χ1) is 34.4. The number of alkyl carbamates (subject to hydrolysis) is 2. The van der Waals surface area contributed by atoms with E-state index in [1.165, 1.54) is 12.1 Å². The smallest absolute Gasteiger partial charge is 0.407 e. The van der Waals surface area contributed by atoms with Crippen LogP contribution in [0.2, 0.25) is 0 Å². The summed E-state index contributed by atoms with van der Waals surface area (Å²) < 4.78 is 16.1. The summed E-state index contributed by atoms with van der Waals surface area (Å²) >= 11 is 0. The van der Waals surface area contributed by atoms with Gasteiger partial charge >= 0.3 is 24.1 Å². The van der Waals surface area contributed by atoms with Crippen molar-refractivity contribution in [1.82, 2.24) is 20.6 Å². The van der Waals surface area contributed by atoms with Crippen LogP contribution in [0.5, 0.6) is 11.5 Å². The normalized spacial score (nSPS) is 14.5. The van der Waals surface area contributed by atoms with Crippen LogP contribution in [-0.2, 0) is 41.5 Å². The quantitative estimate of drug-likeness (QED) is 0.0556. The Morgan fingerprint density at radius 1 is 0.573 bits per heavy atom. The lowest BCUT2D eigenvalue weighted by Gasteiger charge is -2.22. The summed E-state index contributed by atoms with van der Waals surface area (Å²) in [7, 11) is 0. The van der Waals surface area contributed by atoms with E-state index in [4.69, 9.17) is 19.3 Å². The second kappa shape index (κ2) is 25.5. The van der Waals surface area contributed by atoms with E-state index in [-0.39, 0.29) is 74.9 Å². The Kier molecular flexibility index (Phi) is 20.4. The van der Waals surface area contributed by atoms with Gasteiger partial charge in [-0.2, -0.15) is 0 Å². The first-order valence-corrected chi connectivity index (χ1v) is 24.4. The molecule has 15 heteroatoms. The number of hydrogen-bond donors (Lipinski definition) is 4. The molecule has 2 fully saturated rings. The zero-order valence-corrected chi connectivity index (χ0v) is 42.8. The van der Waals surface area contributed by atoms with Gasteiger partial charge in [0.25, 0.3) is 0 Å². The molecule has 2 unspecified atom stereocenters. The predicted octanol–water partition coefficient (Wildman–Crippen LogP) is 11.9. The number of aromatic hydroxyl groups is 1. The number of aromatic nitrogens is 2. The number of amides is 2. The average Bonchev–Trinajstić information content (AvgIpc) is 4.27. The molecule has 2 aliphatic rings. The fraction of sp³-hybridized carbons (Fsp3) is 0.400. The van der Waals surface area contributed by atoms with Crippen LogP contribution < -0.4 is 15.4 Å². The van der Waals surface area contributed by atoms with E-state index < -0.39 is 41.2 Å². The van der Waals surface area contributed by atoms with Crippen LogP contribution in [0.1, 0.15) is 130 Å². The lowest BCUT2D eigenvalue weighted by Crippen LogP contribution is -2.36. The monoisotopic (exact) mass is 1030 g/mol. The summed E-state index contributed by atoms with van der Waals surface area (Å²) in [6, 6.07) is 28.9. The third kappa shape index (κ3) is 18.3. The van der Waals surface area contributed by atoms with Crippen LogP contribution in [0, 0.1) is 10.8 Å². The zero-order chi connectivity index (χ0) is 53.1. The summed E-state index contributed by atoms with van der Waals surface area (Å²) in [5, 5.41) is 27.4. The van der Waals surface area contributed by atoms with Crippen LogP contribution in [0.25, 0.3) is 21.5 Å². The van der Waals surface area contributed by atoms with Crippen molar-refractivity contribution in [2.24, 2.45) is 10.8 Å². The minimum absolute atomic E-state index is 0. The molecule has 4 aromatic carbocycles. The van der Waals surface area contributed by atoms with E-state index in [0.717, 1.165) is 69.5 Å². The highest BCUT2D eigenvalue weighted by Gasteiger charge is 2.47. The molecule has 0 bridgehead atoms. The lowest BCUT2D eigenvalue weighted by atomic mass is 9.90. The van der Waals surface area contributed by atoms with Gasteiger partial charge in [0, 0.05) is 61.5 Å². The van der Waals surface area contributed by atoms with Crippen molar-refractivity contribution in [3.05, 3.63) is 144 Å². The largest absolute Gasteiger partial charge is 0.508 e. The van der Waals surface area contributed by atoms with Gasteiger partial charge in [-0.05, 0) is 150 Å². The van der Waals surface area contributed by atoms with Crippen LogP contribution in [-0.4, -0.2) is 80.2 Å². The third-order valence-corrected chi connectivity index (χ3v) is 12.4. The molecular weight excluding hydrogens is 953 g/mol. The summed E-state index contributed by atoms with van der Waals surface area (Å²) in [6.07, 6.45) is 9.68. The minimum atomic E-state index is -0.646. The number of Topliss-reactive ketones (excluding diaryl/α,β-unsaturated/α-hetero) is 2. The molecule has 4 N–H and O–H groups in total. The van der Waals surface area contributed by atoms with E-state index in [1.54, 1.807) is 110 Å². The zero-order valence-electron chi connectivity index (χ0n) is 42.8.